The molecule has 3 nitrogen and oxygen atoms in total. The van der Waals surface area contributed by atoms with E-state index in [1.54, 1.807) is 0 Å². The highest BCUT2D eigenvalue weighted by molar-refractivity contribution is 5.91. The number of anilines is 1. The van der Waals surface area contributed by atoms with E-state index in [4.69, 9.17) is 5.73 Å². The standard InChI is InChI=1S/C15H24N2O/c1-3-7-12-9-5-6-10-14(12)17-15(18)11-13(16)8-4-2/h5-6,9-10,13H,3-4,7-8,11,16H2,1-2H3,(H,17,18). The minimum absolute atomic E-state index is 0.0134. The zero-order valence-corrected chi connectivity index (χ0v) is 11.4. The Labute approximate surface area is 110 Å². The molecule has 0 heterocycles. The highest BCUT2D eigenvalue weighted by Gasteiger charge is 2.10. The fourth-order valence-corrected chi connectivity index (χ4v) is 2.04. The van der Waals surface area contributed by atoms with Crippen molar-refractivity contribution in [2.24, 2.45) is 5.73 Å². The molecule has 0 spiro atoms. The van der Waals surface area contributed by atoms with Gasteiger partial charge in [-0.25, -0.2) is 0 Å². The second kappa shape index (κ2) is 7.88. The zero-order valence-electron chi connectivity index (χ0n) is 11.4. The lowest BCUT2D eigenvalue weighted by Crippen LogP contribution is -2.27. The molecule has 1 unspecified atom stereocenters. The Kier molecular flexibility index (Phi) is 6.44. The summed E-state index contributed by atoms with van der Waals surface area (Å²) in [4.78, 5) is 11.9. The maximum atomic E-state index is 11.9. The van der Waals surface area contributed by atoms with E-state index in [9.17, 15) is 4.79 Å². The van der Waals surface area contributed by atoms with Crippen molar-refractivity contribution >= 4 is 11.6 Å². The Morgan fingerprint density at radius 3 is 2.67 bits per heavy atom. The first kappa shape index (κ1) is 14.7. The first-order valence-corrected chi connectivity index (χ1v) is 6.80. The summed E-state index contributed by atoms with van der Waals surface area (Å²) in [6.07, 6.45) is 4.36. The summed E-state index contributed by atoms with van der Waals surface area (Å²) in [7, 11) is 0. The van der Waals surface area contributed by atoms with Gasteiger partial charge in [0.2, 0.25) is 5.91 Å². The minimum Gasteiger partial charge on any atom is -0.327 e. The van der Waals surface area contributed by atoms with Crippen LogP contribution in [0.3, 0.4) is 0 Å². The largest absolute Gasteiger partial charge is 0.327 e. The van der Waals surface area contributed by atoms with Crippen LogP contribution in [0, 0.1) is 0 Å². The predicted octanol–water partition coefficient (Wildman–Crippen LogP) is 3.10. The molecule has 0 saturated carbocycles. The van der Waals surface area contributed by atoms with Crippen molar-refractivity contribution in [3.63, 3.8) is 0 Å². The van der Waals surface area contributed by atoms with Crippen molar-refractivity contribution in [3.05, 3.63) is 29.8 Å². The SMILES string of the molecule is CCCc1ccccc1NC(=O)CC(N)CCC. The third-order valence-electron chi connectivity index (χ3n) is 2.92. The molecule has 0 aliphatic carbocycles. The molecule has 3 N–H and O–H groups in total. The summed E-state index contributed by atoms with van der Waals surface area (Å²) < 4.78 is 0. The maximum Gasteiger partial charge on any atom is 0.225 e. The minimum atomic E-state index is -0.0339. The fourth-order valence-electron chi connectivity index (χ4n) is 2.04. The van der Waals surface area contributed by atoms with Gasteiger partial charge in [-0.2, -0.15) is 0 Å². The smallest absolute Gasteiger partial charge is 0.225 e. The number of aryl methyl sites for hydroxylation is 1. The van der Waals surface area contributed by atoms with Crippen molar-refractivity contribution in [2.75, 3.05) is 5.32 Å². The topological polar surface area (TPSA) is 55.1 Å². The zero-order chi connectivity index (χ0) is 13.4. The van der Waals surface area contributed by atoms with Crippen LogP contribution in [0.25, 0.3) is 0 Å². The lowest BCUT2D eigenvalue weighted by atomic mass is 10.1. The number of rotatable bonds is 7. The van der Waals surface area contributed by atoms with Crippen molar-refractivity contribution in [1.29, 1.82) is 0 Å². The molecule has 0 radical (unpaired) electrons. The number of amides is 1. The second-order valence-electron chi connectivity index (χ2n) is 4.71. The van der Waals surface area contributed by atoms with Crippen molar-refractivity contribution in [1.82, 2.24) is 0 Å². The number of hydrogen-bond acceptors (Lipinski definition) is 2. The summed E-state index contributed by atoms with van der Waals surface area (Å²) in [5, 5.41) is 2.97. The van der Waals surface area contributed by atoms with Gasteiger partial charge in [-0.15, -0.1) is 0 Å². The Bertz CT molecular complexity index is 377. The molecule has 3 heteroatoms. The van der Waals surface area contributed by atoms with Gasteiger partial charge >= 0.3 is 0 Å². The third-order valence-corrected chi connectivity index (χ3v) is 2.92. The van der Waals surface area contributed by atoms with Gasteiger partial charge in [-0.3, -0.25) is 4.79 Å². The maximum absolute atomic E-state index is 11.9. The van der Waals surface area contributed by atoms with E-state index in [2.05, 4.69) is 25.2 Å². The summed E-state index contributed by atoms with van der Waals surface area (Å²) >= 11 is 0. The average molecular weight is 248 g/mol. The highest BCUT2D eigenvalue weighted by Crippen LogP contribution is 2.17. The average Bonchev–Trinajstić information content (AvgIpc) is 2.32. The van der Waals surface area contributed by atoms with Crippen LogP contribution in [0.4, 0.5) is 5.69 Å². The van der Waals surface area contributed by atoms with Crippen molar-refractivity contribution in [3.8, 4) is 0 Å². The van der Waals surface area contributed by atoms with Crippen LogP contribution >= 0.6 is 0 Å². The van der Waals surface area contributed by atoms with Crippen LogP contribution in [0.5, 0.6) is 0 Å². The molecule has 1 atom stereocenters. The molecule has 100 valence electrons. The molecular weight excluding hydrogens is 224 g/mol. The van der Waals surface area contributed by atoms with Crippen molar-refractivity contribution in [2.45, 2.75) is 52.0 Å². The number of nitrogens with two attached hydrogens (primary N) is 1. The number of para-hydroxylation sites is 1. The van der Waals surface area contributed by atoms with E-state index in [0.717, 1.165) is 31.4 Å². The first-order valence-electron chi connectivity index (χ1n) is 6.80. The first-order chi connectivity index (χ1) is 8.67. The van der Waals surface area contributed by atoms with Gasteiger partial charge in [0.15, 0.2) is 0 Å². The lowest BCUT2D eigenvalue weighted by Gasteiger charge is -2.13. The summed E-state index contributed by atoms with van der Waals surface area (Å²) in [6.45, 7) is 4.21. The number of carbonyl (C=O) groups excluding carboxylic acids is 1. The van der Waals surface area contributed by atoms with Crippen molar-refractivity contribution < 1.29 is 4.79 Å². The van der Waals surface area contributed by atoms with Crippen LogP contribution in [0.15, 0.2) is 24.3 Å². The number of nitrogens with one attached hydrogen (secondary N) is 1. The second-order valence-corrected chi connectivity index (χ2v) is 4.71. The van der Waals surface area contributed by atoms with Gasteiger partial charge < -0.3 is 11.1 Å². The monoisotopic (exact) mass is 248 g/mol. The van der Waals surface area contributed by atoms with Gasteiger partial charge in [0, 0.05) is 18.2 Å². The Morgan fingerprint density at radius 2 is 2.00 bits per heavy atom. The van der Waals surface area contributed by atoms with Crippen LogP contribution in [0.2, 0.25) is 0 Å². The quantitative estimate of drug-likeness (QED) is 0.779. The lowest BCUT2D eigenvalue weighted by molar-refractivity contribution is -0.116. The summed E-state index contributed by atoms with van der Waals surface area (Å²) in [5.74, 6) is 0.0134. The van der Waals surface area contributed by atoms with E-state index >= 15 is 0 Å². The molecule has 0 aromatic heterocycles. The number of carbonyl (C=O) groups is 1. The molecule has 0 bridgehead atoms. The predicted molar refractivity (Wildman–Crippen MR) is 76.6 cm³/mol. The molecule has 0 aliphatic rings. The van der Waals surface area contributed by atoms with Gasteiger partial charge in [-0.05, 0) is 24.5 Å². The highest BCUT2D eigenvalue weighted by atomic mass is 16.1. The van der Waals surface area contributed by atoms with Gasteiger partial charge in [0.25, 0.3) is 0 Å². The molecular formula is C15H24N2O. The van der Waals surface area contributed by atoms with Crippen LogP contribution in [-0.2, 0) is 11.2 Å². The third kappa shape index (κ3) is 4.88. The van der Waals surface area contributed by atoms with E-state index in [0.29, 0.717) is 6.42 Å². The molecule has 1 amide bonds. The van der Waals surface area contributed by atoms with Gasteiger partial charge in [0.1, 0.15) is 0 Å². The van der Waals surface area contributed by atoms with E-state index in [1.807, 2.05) is 18.2 Å². The van der Waals surface area contributed by atoms with Crippen LogP contribution in [0.1, 0.15) is 45.1 Å². The molecule has 0 saturated heterocycles. The molecule has 18 heavy (non-hydrogen) atoms. The van der Waals surface area contributed by atoms with Crippen LogP contribution < -0.4 is 11.1 Å². The van der Waals surface area contributed by atoms with Gasteiger partial charge in [-0.1, -0.05) is 44.9 Å². The Hall–Kier alpha value is -1.35. The molecule has 1 aromatic carbocycles. The fraction of sp³-hybridized carbons (Fsp3) is 0.533. The van der Waals surface area contributed by atoms with Crippen LogP contribution in [-0.4, -0.2) is 11.9 Å². The summed E-state index contributed by atoms with van der Waals surface area (Å²) in [5.41, 5.74) is 7.99. The number of benzene rings is 1. The van der Waals surface area contributed by atoms with Gasteiger partial charge in [0.05, 0.1) is 0 Å². The van der Waals surface area contributed by atoms with E-state index < -0.39 is 0 Å². The number of hydrogen-bond donors (Lipinski definition) is 2. The normalized spacial score (nSPS) is 12.2. The molecule has 0 fully saturated rings. The molecule has 1 aromatic rings. The van der Waals surface area contributed by atoms with E-state index in [-0.39, 0.29) is 11.9 Å². The molecule has 1 rings (SSSR count). The summed E-state index contributed by atoms with van der Waals surface area (Å²) in [6, 6.07) is 7.93. The molecule has 0 aliphatic heterocycles. The Balaban J connectivity index is 2.58. The Morgan fingerprint density at radius 1 is 1.28 bits per heavy atom. The van der Waals surface area contributed by atoms with E-state index in [1.165, 1.54) is 5.56 Å².